The monoisotopic (exact) mass is 241 g/mol. The molecular formula is C11H19N3O3. The Morgan fingerprint density at radius 1 is 1.41 bits per heavy atom. The number of hydrogen-bond donors (Lipinski definition) is 2. The van der Waals surface area contributed by atoms with E-state index in [2.05, 4.69) is 5.32 Å². The Kier molecular flexibility index (Phi) is 6.03. The van der Waals surface area contributed by atoms with Crippen molar-refractivity contribution in [3.8, 4) is 6.07 Å². The number of amides is 2. The molecule has 6 nitrogen and oxygen atoms in total. The Hall–Kier alpha value is -1.77. The second-order valence-corrected chi connectivity index (χ2v) is 4.33. The van der Waals surface area contributed by atoms with Crippen molar-refractivity contribution in [3.63, 3.8) is 0 Å². The van der Waals surface area contributed by atoms with Crippen LogP contribution in [0, 0.1) is 17.2 Å². The first-order chi connectivity index (χ1) is 7.81. The minimum Gasteiger partial charge on any atom is -0.480 e. The normalized spacial score (nSPS) is 13.6. The van der Waals surface area contributed by atoms with Crippen molar-refractivity contribution in [1.29, 1.82) is 5.26 Å². The largest absolute Gasteiger partial charge is 0.480 e. The second kappa shape index (κ2) is 6.74. The fourth-order valence-electron chi connectivity index (χ4n) is 1.22. The van der Waals surface area contributed by atoms with E-state index in [1.165, 1.54) is 11.9 Å². The maximum atomic E-state index is 11.7. The van der Waals surface area contributed by atoms with Gasteiger partial charge in [-0.15, -0.1) is 0 Å². The van der Waals surface area contributed by atoms with Crippen molar-refractivity contribution in [2.75, 3.05) is 7.05 Å². The molecule has 0 saturated carbocycles. The predicted molar refractivity (Wildman–Crippen MR) is 62.2 cm³/mol. The molecule has 0 aliphatic rings. The van der Waals surface area contributed by atoms with Gasteiger partial charge in [0.2, 0.25) is 0 Å². The van der Waals surface area contributed by atoms with E-state index in [0.717, 1.165) is 0 Å². The van der Waals surface area contributed by atoms with Gasteiger partial charge in [0.25, 0.3) is 0 Å². The SMILES string of the molecule is CC(C)[C@H](NC(=O)N(C)C(C)CC#N)C(=O)O. The molecule has 0 aliphatic carbocycles. The zero-order valence-electron chi connectivity index (χ0n) is 10.6. The maximum Gasteiger partial charge on any atom is 0.326 e. The van der Waals surface area contributed by atoms with Gasteiger partial charge in [-0.05, 0) is 12.8 Å². The van der Waals surface area contributed by atoms with Gasteiger partial charge >= 0.3 is 12.0 Å². The molecule has 6 heteroatoms. The van der Waals surface area contributed by atoms with Crippen LogP contribution in [-0.4, -0.2) is 41.1 Å². The van der Waals surface area contributed by atoms with Crippen LogP contribution in [0.3, 0.4) is 0 Å². The van der Waals surface area contributed by atoms with Gasteiger partial charge in [0, 0.05) is 13.1 Å². The Balaban J connectivity index is 4.52. The summed E-state index contributed by atoms with van der Waals surface area (Å²) in [4.78, 5) is 24.0. The summed E-state index contributed by atoms with van der Waals surface area (Å²) in [6.45, 7) is 5.17. The quantitative estimate of drug-likeness (QED) is 0.752. The van der Waals surface area contributed by atoms with E-state index in [1.54, 1.807) is 20.8 Å². The highest BCUT2D eigenvalue weighted by Crippen LogP contribution is 2.05. The lowest BCUT2D eigenvalue weighted by Gasteiger charge is -2.26. The van der Waals surface area contributed by atoms with Gasteiger partial charge < -0.3 is 15.3 Å². The van der Waals surface area contributed by atoms with Crippen LogP contribution in [0.5, 0.6) is 0 Å². The summed E-state index contributed by atoms with van der Waals surface area (Å²) in [5, 5.41) is 19.9. The van der Waals surface area contributed by atoms with E-state index < -0.39 is 18.0 Å². The molecule has 96 valence electrons. The smallest absolute Gasteiger partial charge is 0.326 e. The van der Waals surface area contributed by atoms with E-state index in [1.807, 2.05) is 6.07 Å². The van der Waals surface area contributed by atoms with E-state index >= 15 is 0 Å². The first kappa shape index (κ1) is 15.2. The molecule has 0 radical (unpaired) electrons. The summed E-state index contributed by atoms with van der Waals surface area (Å²) < 4.78 is 0. The molecular weight excluding hydrogens is 222 g/mol. The molecule has 0 aromatic rings. The Morgan fingerprint density at radius 2 is 1.94 bits per heavy atom. The number of nitriles is 1. The number of aliphatic carboxylic acids is 1. The summed E-state index contributed by atoms with van der Waals surface area (Å²) in [6.07, 6.45) is 0.212. The first-order valence-electron chi connectivity index (χ1n) is 5.44. The molecule has 2 N–H and O–H groups in total. The molecule has 0 rings (SSSR count). The molecule has 0 aliphatic heterocycles. The molecule has 0 bridgehead atoms. The van der Waals surface area contributed by atoms with Crippen LogP contribution in [0.4, 0.5) is 4.79 Å². The van der Waals surface area contributed by atoms with Crippen molar-refractivity contribution in [2.45, 2.75) is 39.3 Å². The Labute approximate surface area is 101 Å². The topological polar surface area (TPSA) is 93.4 Å². The number of carbonyl (C=O) groups excluding carboxylic acids is 1. The number of carbonyl (C=O) groups is 2. The van der Waals surface area contributed by atoms with Crippen LogP contribution in [0.25, 0.3) is 0 Å². The minimum atomic E-state index is -1.06. The third kappa shape index (κ3) is 4.72. The lowest BCUT2D eigenvalue weighted by atomic mass is 10.1. The van der Waals surface area contributed by atoms with Crippen LogP contribution in [0.15, 0.2) is 0 Å². The van der Waals surface area contributed by atoms with Gasteiger partial charge in [-0.3, -0.25) is 0 Å². The molecule has 0 heterocycles. The number of hydrogen-bond acceptors (Lipinski definition) is 3. The van der Waals surface area contributed by atoms with Crippen molar-refractivity contribution >= 4 is 12.0 Å². The van der Waals surface area contributed by atoms with Crippen LogP contribution in [0.1, 0.15) is 27.2 Å². The zero-order valence-corrected chi connectivity index (χ0v) is 10.6. The van der Waals surface area contributed by atoms with E-state index in [9.17, 15) is 9.59 Å². The van der Waals surface area contributed by atoms with Gasteiger partial charge in [0.05, 0.1) is 12.5 Å². The Bertz CT molecular complexity index is 322. The number of nitrogens with one attached hydrogen (secondary N) is 1. The number of rotatable bonds is 5. The zero-order chi connectivity index (χ0) is 13.6. The third-order valence-corrected chi connectivity index (χ3v) is 2.58. The molecule has 0 fully saturated rings. The molecule has 0 spiro atoms. The summed E-state index contributed by atoms with van der Waals surface area (Å²) in [5.74, 6) is -1.26. The number of carboxylic acids is 1. The summed E-state index contributed by atoms with van der Waals surface area (Å²) in [7, 11) is 1.54. The summed E-state index contributed by atoms with van der Waals surface area (Å²) >= 11 is 0. The molecule has 17 heavy (non-hydrogen) atoms. The van der Waals surface area contributed by atoms with Crippen molar-refractivity contribution in [3.05, 3.63) is 0 Å². The van der Waals surface area contributed by atoms with Crippen molar-refractivity contribution in [1.82, 2.24) is 10.2 Å². The van der Waals surface area contributed by atoms with Gasteiger partial charge in [0.1, 0.15) is 6.04 Å². The molecule has 2 amide bonds. The lowest BCUT2D eigenvalue weighted by Crippen LogP contribution is -2.51. The van der Waals surface area contributed by atoms with Crippen molar-refractivity contribution in [2.24, 2.45) is 5.92 Å². The van der Waals surface area contributed by atoms with Crippen LogP contribution >= 0.6 is 0 Å². The van der Waals surface area contributed by atoms with Gasteiger partial charge in [-0.2, -0.15) is 5.26 Å². The summed E-state index contributed by atoms with van der Waals surface area (Å²) in [6, 6.07) is 0.320. The van der Waals surface area contributed by atoms with Crippen LogP contribution in [-0.2, 0) is 4.79 Å². The standard InChI is InChI=1S/C11H19N3O3/c1-7(2)9(10(15)16)13-11(17)14(4)8(3)5-6-12/h7-9H,5H2,1-4H3,(H,13,17)(H,15,16)/t8?,9-/m0/s1. The third-order valence-electron chi connectivity index (χ3n) is 2.58. The van der Waals surface area contributed by atoms with Gasteiger partial charge in [0.15, 0.2) is 0 Å². The van der Waals surface area contributed by atoms with Gasteiger partial charge in [-0.1, -0.05) is 13.8 Å². The summed E-state index contributed by atoms with van der Waals surface area (Å²) in [5.41, 5.74) is 0. The number of nitrogens with zero attached hydrogens (tertiary/aromatic N) is 2. The first-order valence-corrected chi connectivity index (χ1v) is 5.44. The highest BCUT2D eigenvalue weighted by Gasteiger charge is 2.26. The number of carboxylic acid groups (broad SMARTS) is 1. The van der Waals surface area contributed by atoms with Crippen LogP contribution < -0.4 is 5.32 Å². The fraction of sp³-hybridized carbons (Fsp3) is 0.727. The molecule has 0 saturated heterocycles. The highest BCUT2D eigenvalue weighted by atomic mass is 16.4. The molecule has 1 unspecified atom stereocenters. The minimum absolute atomic E-state index is 0.198. The van der Waals surface area contributed by atoms with E-state index in [4.69, 9.17) is 10.4 Å². The van der Waals surface area contributed by atoms with Crippen molar-refractivity contribution < 1.29 is 14.7 Å². The van der Waals surface area contributed by atoms with E-state index in [-0.39, 0.29) is 18.4 Å². The average Bonchev–Trinajstić information content (AvgIpc) is 2.23. The lowest BCUT2D eigenvalue weighted by molar-refractivity contribution is -0.140. The van der Waals surface area contributed by atoms with E-state index in [0.29, 0.717) is 0 Å². The maximum absolute atomic E-state index is 11.7. The Morgan fingerprint density at radius 3 is 2.29 bits per heavy atom. The fourth-order valence-corrected chi connectivity index (χ4v) is 1.22. The highest BCUT2D eigenvalue weighted by molar-refractivity contribution is 5.82. The average molecular weight is 241 g/mol. The molecule has 0 aromatic heterocycles. The number of urea groups is 1. The molecule has 0 aromatic carbocycles. The van der Waals surface area contributed by atoms with Gasteiger partial charge in [-0.25, -0.2) is 9.59 Å². The molecule has 2 atom stereocenters. The second-order valence-electron chi connectivity index (χ2n) is 4.33. The predicted octanol–water partition coefficient (Wildman–Crippen LogP) is 1.04. The van der Waals surface area contributed by atoms with Crippen LogP contribution in [0.2, 0.25) is 0 Å².